The molecule has 0 aromatic heterocycles. The Bertz CT molecular complexity index is 1200. The van der Waals surface area contributed by atoms with Crippen molar-refractivity contribution in [1.82, 2.24) is 9.80 Å². The molecule has 3 aliphatic heterocycles. The van der Waals surface area contributed by atoms with E-state index in [0.717, 1.165) is 12.8 Å². The lowest BCUT2D eigenvalue weighted by molar-refractivity contribution is -0.121. The van der Waals surface area contributed by atoms with E-state index in [2.05, 4.69) is 5.32 Å². The highest BCUT2D eigenvalue weighted by atomic mass is 16.7. The number of carbonyl (C=O) groups is 4. The number of carbonyl (C=O) groups excluding carboxylic acids is 4. The third-order valence-electron chi connectivity index (χ3n) is 6.75. The van der Waals surface area contributed by atoms with Crippen molar-refractivity contribution in [3.05, 3.63) is 53.1 Å². The molecule has 1 saturated heterocycles. The Morgan fingerprint density at radius 3 is 2.49 bits per heavy atom. The zero-order chi connectivity index (χ0) is 24.5. The molecule has 9 heteroatoms. The number of benzene rings is 2. The summed E-state index contributed by atoms with van der Waals surface area (Å²) in [4.78, 5) is 54.1. The van der Waals surface area contributed by atoms with Crippen LogP contribution in [0, 0.1) is 5.92 Å². The second-order valence-electron chi connectivity index (χ2n) is 9.00. The molecule has 0 radical (unpaired) electrons. The first-order valence-corrected chi connectivity index (χ1v) is 12.0. The molecule has 1 fully saturated rings. The van der Waals surface area contributed by atoms with E-state index in [-0.39, 0.29) is 41.9 Å². The summed E-state index contributed by atoms with van der Waals surface area (Å²) >= 11 is 0. The summed E-state index contributed by atoms with van der Waals surface area (Å²) < 4.78 is 10.6. The molecule has 0 spiro atoms. The fraction of sp³-hybridized carbons (Fsp3) is 0.385. The van der Waals surface area contributed by atoms with E-state index >= 15 is 0 Å². The van der Waals surface area contributed by atoms with Crippen LogP contribution in [0.3, 0.4) is 0 Å². The lowest BCUT2D eigenvalue weighted by Gasteiger charge is -2.31. The molecule has 3 aliphatic rings. The van der Waals surface area contributed by atoms with E-state index in [9.17, 15) is 19.2 Å². The van der Waals surface area contributed by atoms with Gasteiger partial charge in [-0.25, -0.2) is 0 Å². The third-order valence-corrected chi connectivity index (χ3v) is 6.75. The Hall–Kier alpha value is -3.88. The van der Waals surface area contributed by atoms with Crippen LogP contribution in [0.15, 0.2) is 36.4 Å². The van der Waals surface area contributed by atoms with E-state index in [1.54, 1.807) is 35.2 Å². The van der Waals surface area contributed by atoms with Gasteiger partial charge in [0.25, 0.3) is 17.7 Å². The Morgan fingerprint density at radius 1 is 0.971 bits per heavy atom. The van der Waals surface area contributed by atoms with E-state index in [1.807, 2.05) is 6.92 Å². The zero-order valence-electron chi connectivity index (χ0n) is 19.5. The van der Waals surface area contributed by atoms with Gasteiger partial charge in [-0.3, -0.25) is 24.1 Å². The minimum absolute atomic E-state index is 0.0928. The third kappa shape index (κ3) is 4.34. The van der Waals surface area contributed by atoms with Gasteiger partial charge in [-0.15, -0.1) is 0 Å². The number of hydrogen-bond donors (Lipinski definition) is 1. The molecule has 182 valence electrons. The number of unbranched alkanes of at least 4 members (excludes halogenated alkanes) is 1. The van der Waals surface area contributed by atoms with E-state index in [0.29, 0.717) is 60.8 Å². The summed E-state index contributed by atoms with van der Waals surface area (Å²) in [6, 6.07) is 9.98. The maximum absolute atomic E-state index is 13.1. The molecule has 0 atom stereocenters. The van der Waals surface area contributed by atoms with Gasteiger partial charge >= 0.3 is 0 Å². The second-order valence-corrected chi connectivity index (χ2v) is 9.00. The molecule has 0 saturated carbocycles. The molecule has 4 amide bonds. The standard InChI is InChI=1S/C26H27N3O6/c1-2-3-10-29-25(32)19-6-4-17(13-20(19)26(29)33)24(31)28-11-8-16(9-12-28)23(30)27-18-5-7-21-22(14-18)35-15-34-21/h4-7,13-14,16H,2-3,8-12,15H2,1H3,(H,27,30). The van der Waals surface area contributed by atoms with Gasteiger partial charge < -0.3 is 19.7 Å². The quantitative estimate of drug-likeness (QED) is 0.640. The number of nitrogens with one attached hydrogen (secondary N) is 1. The van der Waals surface area contributed by atoms with Gasteiger partial charge in [0.05, 0.1) is 11.1 Å². The second kappa shape index (κ2) is 9.40. The molecule has 3 heterocycles. The molecule has 0 bridgehead atoms. The zero-order valence-corrected chi connectivity index (χ0v) is 19.5. The molecule has 9 nitrogen and oxygen atoms in total. The van der Waals surface area contributed by atoms with Crippen molar-refractivity contribution in [3.63, 3.8) is 0 Å². The van der Waals surface area contributed by atoms with Gasteiger partial charge in [-0.05, 0) is 49.6 Å². The van der Waals surface area contributed by atoms with E-state index in [4.69, 9.17) is 9.47 Å². The molecular weight excluding hydrogens is 450 g/mol. The SMILES string of the molecule is CCCCN1C(=O)c2ccc(C(=O)N3CCC(C(=O)Nc4ccc5c(c4)OCO5)CC3)cc2C1=O. The highest BCUT2D eigenvalue weighted by Crippen LogP contribution is 2.34. The Morgan fingerprint density at radius 2 is 1.71 bits per heavy atom. The monoisotopic (exact) mass is 477 g/mol. The molecule has 35 heavy (non-hydrogen) atoms. The van der Waals surface area contributed by atoms with Gasteiger partial charge in [-0.1, -0.05) is 13.3 Å². The summed E-state index contributed by atoms with van der Waals surface area (Å²) in [6.07, 6.45) is 2.70. The van der Waals surface area contributed by atoms with Crippen LogP contribution in [-0.4, -0.2) is 59.9 Å². The summed E-state index contributed by atoms with van der Waals surface area (Å²) in [5.74, 6) is 0.112. The fourth-order valence-corrected chi connectivity index (χ4v) is 4.69. The Balaban J connectivity index is 1.19. The lowest BCUT2D eigenvalue weighted by atomic mass is 9.95. The number of amides is 4. The lowest BCUT2D eigenvalue weighted by Crippen LogP contribution is -2.41. The maximum Gasteiger partial charge on any atom is 0.261 e. The van der Waals surface area contributed by atoms with Crippen molar-refractivity contribution in [2.24, 2.45) is 5.92 Å². The number of nitrogens with zero attached hydrogens (tertiary/aromatic N) is 2. The number of ether oxygens (including phenoxy) is 2. The summed E-state index contributed by atoms with van der Waals surface area (Å²) in [7, 11) is 0. The van der Waals surface area contributed by atoms with Gasteiger partial charge in [0, 0.05) is 42.9 Å². The fourth-order valence-electron chi connectivity index (χ4n) is 4.69. The van der Waals surface area contributed by atoms with E-state index in [1.165, 1.54) is 11.0 Å². The number of rotatable bonds is 6. The Labute approximate surface area is 203 Å². The van der Waals surface area contributed by atoms with Crippen LogP contribution in [0.1, 0.15) is 63.7 Å². The topological polar surface area (TPSA) is 105 Å². The largest absolute Gasteiger partial charge is 0.454 e. The number of imide groups is 1. The van der Waals surface area contributed by atoms with Crippen LogP contribution in [0.5, 0.6) is 11.5 Å². The number of hydrogen-bond acceptors (Lipinski definition) is 6. The van der Waals surface area contributed by atoms with Gasteiger partial charge in [0.1, 0.15) is 0 Å². The predicted molar refractivity (Wildman–Crippen MR) is 127 cm³/mol. The summed E-state index contributed by atoms with van der Waals surface area (Å²) in [6.45, 7) is 3.42. The average molecular weight is 478 g/mol. The number of fused-ring (bicyclic) bond motifs is 2. The molecule has 5 rings (SSSR count). The first-order chi connectivity index (χ1) is 17.0. The van der Waals surface area contributed by atoms with Gasteiger partial charge in [0.2, 0.25) is 12.7 Å². The number of likely N-dealkylation sites (tertiary alicyclic amines) is 1. The van der Waals surface area contributed by atoms with Crippen molar-refractivity contribution in [2.75, 3.05) is 31.7 Å². The molecule has 2 aromatic rings. The first-order valence-electron chi connectivity index (χ1n) is 12.0. The minimum atomic E-state index is -0.341. The van der Waals surface area contributed by atoms with Crippen LogP contribution in [0.2, 0.25) is 0 Å². The van der Waals surface area contributed by atoms with E-state index < -0.39 is 0 Å². The highest BCUT2D eigenvalue weighted by Gasteiger charge is 2.36. The molecule has 1 N–H and O–H groups in total. The normalized spacial score (nSPS) is 17.1. The molecule has 2 aromatic carbocycles. The number of anilines is 1. The van der Waals surface area contributed by atoms with Crippen LogP contribution in [-0.2, 0) is 4.79 Å². The van der Waals surface area contributed by atoms with Crippen LogP contribution >= 0.6 is 0 Å². The van der Waals surface area contributed by atoms with Crippen LogP contribution < -0.4 is 14.8 Å². The highest BCUT2D eigenvalue weighted by molar-refractivity contribution is 6.22. The predicted octanol–water partition coefficient (Wildman–Crippen LogP) is 3.30. The Kier molecular flexibility index (Phi) is 6.15. The van der Waals surface area contributed by atoms with Gasteiger partial charge in [-0.2, -0.15) is 0 Å². The number of piperidine rings is 1. The maximum atomic E-state index is 13.1. The van der Waals surface area contributed by atoms with Crippen LogP contribution in [0.4, 0.5) is 5.69 Å². The van der Waals surface area contributed by atoms with Crippen molar-refractivity contribution < 1.29 is 28.7 Å². The molecular formula is C26H27N3O6. The van der Waals surface area contributed by atoms with Crippen molar-refractivity contribution in [2.45, 2.75) is 32.6 Å². The van der Waals surface area contributed by atoms with Crippen LogP contribution in [0.25, 0.3) is 0 Å². The smallest absolute Gasteiger partial charge is 0.261 e. The first kappa shape index (κ1) is 22.9. The summed E-state index contributed by atoms with van der Waals surface area (Å²) in [5.41, 5.74) is 1.66. The molecule has 0 unspecified atom stereocenters. The summed E-state index contributed by atoms with van der Waals surface area (Å²) in [5, 5.41) is 2.92. The average Bonchev–Trinajstić information content (AvgIpc) is 3.44. The van der Waals surface area contributed by atoms with Crippen molar-refractivity contribution in [3.8, 4) is 11.5 Å². The van der Waals surface area contributed by atoms with Crippen molar-refractivity contribution >= 4 is 29.3 Å². The van der Waals surface area contributed by atoms with Crippen molar-refractivity contribution in [1.29, 1.82) is 0 Å². The molecule has 0 aliphatic carbocycles. The van der Waals surface area contributed by atoms with Gasteiger partial charge in [0.15, 0.2) is 11.5 Å². The minimum Gasteiger partial charge on any atom is -0.454 e.